The number of aromatic nitrogens is 1. The second kappa shape index (κ2) is 7.56. The summed E-state index contributed by atoms with van der Waals surface area (Å²) in [6.07, 6.45) is 6.26. The largest absolute Gasteiger partial charge is 0.312 e. The minimum absolute atomic E-state index is 0.0620. The van der Waals surface area contributed by atoms with E-state index >= 15 is 0 Å². The maximum Gasteiger partial charge on any atom is 0.0881 e. The molecule has 41 heavy (non-hydrogen) atoms. The van der Waals surface area contributed by atoms with E-state index in [2.05, 4.69) is 142 Å². The zero-order valence-corrected chi connectivity index (χ0v) is 22.1. The molecule has 2 aliphatic rings. The van der Waals surface area contributed by atoms with Crippen LogP contribution in [0.25, 0.3) is 59.6 Å². The van der Waals surface area contributed by atoms with Crippen LogP contribution in [0.5, 0.6) is 0 Å². The highest BCUT2D eigenvalue weighted by atomic mass is 15.2. The average Bonchev–Trinajstić information content (AvgIpc) is 3.53. The van der Waals surface area contributed by atoms with Crippen molar-refractivity contribution in [3.05, 3.63) is 139 Å². The predicted molar refractivity (Wildman–Crippen MR) is 172 cm³/mol. The lowest BCUT2D eigenvalue weighted by atomic mass is 9.99. The molecule has 2 nitrogen and oxygen atoms in total. The fourth-order valence-electron chi connectivity index (χ4n) is 7.33. The van der Waals surface area contributed by atoms with Crippen LogP contribution < -0.4 is 4.90 Å². The summed E-state index contributed by atoms with van der Waals surface area (Å²) in [5.41, 5.74) is 8.69. The molecule has 0 saturated carbocycles. The summed E-state index contributed by atoms with van der Waals surface area (Å²) in [5, 5.41) is 10.2. The third kappa shape index (κ3) is 2.73. The molecule has 1 aliphatic heterocycles. The van der Waals surface area contributed by atoms with Crippen LogP contribution in [0.2, 0.25) is 0 Å². The first-order valence-electron chi connectivity index (χ1n) is 14.1. The zero-order valence-electron chi connectivity index (χ0n) is 22.1. The van der Waals surface area contributed by atoms with Gasteiger partial charge in [-0.15, -0.1) is 0 Å². The highest BCUT2D eigenvalue weighted by Gasteiger charge is 2.34. The number of anilines is 2. The maximum absolute atomic E-state index is 3.51. The Morgan fingerprint density at radius 2 is 1.17 bits per heavy atom. The first-order valence-corrected chi connectivity index (χ1v) is 14.1. The van der Waals surface area contributed by atoms with Crippen LogP contribution >= 0.6 is 0 Å². The summed E-state index contributed by atoms with van der Waals surface area (Å²) in [5.74, 6) is 6.81. The molecule has 2 heteroatoms. The Morgan fingerprint density at radius 3 is 1.83 bits per heavy atom. The lowest BCUT2D eigenvalue weighted by Crippen LogP contribution is -2.13. The Hall–Kier alpha value is -5.52. The Labute approximate surface area is 236 Å². The Kier molecular flexibility index (Phi) is 3.93. The number of benzene rings is 6. The van der Waals surface area contributed by atoms with Gasteiger partial charge >= 0.3 is 0 Å². The van der Waals surface area contributed by atoms with Gasteiger partial charge in [0.2, 0.25) is 0 Å². The van der Waals surface area contributed by atoms with Crippen LogP contribution in [0, 0.1) is 11.8 Å². The topological polar surface area (TPSA) is 7.65 Å². The van der Waals surface area contributed by atoms with Gasteiger partial charge in [-0.1, -0.05) is 84.6 Å². The molecule has 0 radical (unpaired) electrons. The van der Waals surface area contributed by atoms with Gasteiger partial charge < -0.3 is 9.30 Å². The number of para-hydroxylation sites is 1. The second-order valence-electron chi connectivity index (χ2n) is 11.2. The Morgan fingerprint density at radius 1 is 0.585 bits per heavy atom. The molecule has 0 N–H and O–H groups in total. The van der Waals surface area contributed by atoms with E-state index < -0.39 is 0 Å². The lowest BCUT2D eigenvalue weighted by molar-refractivity contribution is 1.05. The lowest BCUT2D eigenvalue weighted by Gasteiger charge is -2.23. The van der Waals surface area contributed by atoms with Crippen molar-refractivity contribution in [2.75, 3.05) is 4.90 Å². The normalized spacial score (nSPS) is 16.0. The van der Waals surface area contributed by atoms with Gasteiger partial charge in [-0.05, 0) is 81.7 Å². The fraction of sp³-hybridized carbons (Fsp3) is 0.0256. The average molecular weight is 519 g/mol. The van der Waals surface area contributed by atoms with E-state index in [4.69, 9.17) is 0 Å². The summed E-state index contributed by atoms with van der Waals surface area (Å²) in [7, 11) is 0. The van der Waals surface area contributed by atoms with Crippen LogP contribution in [0.1, 0.15) is 11.5 Å². The number of allylic oxidation sites excluding steroid dienone is 4. The van der Waals surface area contributed by atoms with Crippen LogP contribution in [-0.2, 0) is 0 Å². The van der Waals surface area contributed by atoms with Crippen molar-refractivity contribution in [3.8, 4) is 11.8 Å². The van der Waals surface area contributed by atoms with Gasteiger partial charge in [-0.25, -0.2) is 0 Å². The van der Waals surface area contributed by atoms with Gasteiger partial charge in [0.15, 0.2) is 0 Å². The van der Waals surface area contributed by atoms with Crippen LogP contribution in [0.3, 0.4) is 0 Å². The molecule has 8 aromatic rings. The van der Waals surface area contributed by atoms with Crippen molar-refractivity contribution in [1.29, 1.82) is 0 Å². The Bertz CT molecular complexity index is 2420. The molecule has 10 rings (SSSR count). The third-order valence-corrected chi connectivity index (χ3v) is 9.08. The van der Waals surface area contributed by atoms with E-state index in [0.29, 0.717) is 0 Å². The van der Waals surface area contributed by atoms with Crippen molar-refractivity contribution in [2.45, 2.75) is 5.92 Å². The maximum atomic E-state index is 3.51. The SMILES string of the molecule is C1#CC2C(=CC=C1)N(c1cc3c4cc5ccccc5cc4n4c5cc6ccccc6cc5c(c1)c34)c1ccccc12. The molecule has 188 valence electrons. The minimum atomic E-state index is 0.0620. The van der Waals surface area contributed by atoms with Crippen LogP contribution in [0.4, 0.5) is 11.4 Å². The molecule has 2 aromatic heterocycles. The summed E-state index contributed by atoms with van der Waals surface area (Å²) in [6.45, 7) is 0. The number of nitrogens with zero attached hydrogens (tertiary/aromatic N) is 2. The standard InChI is InChI=1S/C39H22N2/c1-2-14-29-30-15-8-9-17-36(30)40(35(29)16-3-1)28-22-33-31-18-24-10-4-6-12-26(24)20-37(31)41-38-21-27-13-7-5-11-25(27)19-32(38)34(23-28)39(33)41/h1,3-13,15-23,29H. The van der Waals surface area contributed by atoms with Gasteiger partial charge in [0.05, 0.1) is 28.2 Å². The molecular formula is C39H22N2. The molecule has 0 saturated heterocycles. The van der Waals surface area contributed by atoms with Gasteiger partial charge in [-0.3, -0.25) is 0 Å². The molecular weight excluding hydrogens is 496 g/mol. The summed E-state index contributed by atoms with van der Waals surface area (Å²) in [6, 6.07) is 40.4. The summed E-state index contributed by atoms with van der Waals surface area (Å²) >= 11 is 0. The van der Waals surface area contributed by atoms with Crippen molar-refractivity contribution < 1.29 is 0 Å². The molecule has 3 heterocycles. The summed E-state index contributed by atoms with van der Waals surface area (Å²) in [4.78, 5) is 2.43. The third-order valence-electron chi connectivity index (χ3n) is 9.08. The fourth-order valence-corrected chi connectivity index (χ4v) is 7.33. The van der Waals surface area contributed by atoms with Crippen molar-refractivity contribution in [1.82, 2.24) is 4.40 Å². The van der Waals surface area contributed by atoms with E-state index in [1.807, 2.05) is 6.08 Å². The molecule has 6 aromatic carbocycles. The molecule has 0 amide bonds. The van der Waals surface area contributed by atoms with E-state index in [1.165, 1.54) is 82.3 Å². The number of rotatable bonds is 1. The minimum Gasteiger partial charge on any atom is -0.312 e. The summed E-state index contributed by atoms with van der Waals surface area (Å²) < 4.78 is 2.50. The number of hydrogen-bond acceptors (Lipinski definition) is 1. The van der Waals surface area contributed by atoms with Gasteiger partial charge in [0.25, 0.3) is 0 Å². The predicted octanol–water partition coefficient (Wildman–Crippen LogP) is 9.84. The molecule has 1 aliphatic carbocycles. The number of fused-ring (bicyclic) bond motifs is 11. The van der Waals surface area contributed by atoms with Crippen LogP contribution in [-0.4, -0.2) is 4.40 Å². The van der Waals surface area contributed by atoms with Gasteiger partial charge in [0, 0.05) is 32.9 Å². The van der Waals surface area contributed by atoms with Gasteiger partial charge in [0.1, 0.15) is 0 Å². The highest BCUT2D eigenvalue weighted by Crippen LogP contribution is 2.50. The molecule has 0 bridgehead atoms. The monoisotopic (exact) mass is 518 g/mol. The first-order chi connectivity index (χ1) is 20.3. The van der Waals surface area contributed by atoms with E-state index in [9.17, 15) is 0 Å². The van der Waals surface area contributed by atoms with E-state index in [0.717, 1.165) is 0 Å². The molecule has 0 fully saturated rings. The van der Waals surface area contributed by atoms with Crippen molar-refractivity contribution in [3.63, 3.8) is 0 Å². The first kappa shape index (κ1) is 21.3. The second-order valence-corrected chi connectivity index (χ2v) is 11.2. The van der Waals surface area contributed by atoms with Crippen molar-refractivity contribution >= 4 is 71.0 Å². The Balaban J connectivity index is 1.39. The van der Waals surface area contributed by atoms with Crippen molar-refractivity contribution in [2.24, 2.45) is 0 Å². The van der Waals surface area contributed by atoms with E-state index in [1.54, 1.807) is 0 Å². The van der Waals surface area contributed by atoms with E-state index in [-0.39, 0.29) is 5.92 Å². The van der Waals surface area contributed by atoms with Gasteiger partial charge in [-0.2, -0.15) is 0 Å². The zero-order chi connectivity index (χ0) is 26.7. The molecule has 1 atom stereocenters. The molecule has 1 unspecified atom stereocenters. The molecule has 0 spiro atoms. The number of hydrogen-bond donors (Lipinski definition) is 0. The highest BCUT2D eigenvalue weighted by molar-refractivity contribution is 6.27. The van der Waals surface area contributed by atoms with Crippen LogP contribution in [0.15, 0.2) is 133 Å². The smallest absolute Gasteiger partial charge is 0.0881 e. The quantitative estimate of drug-likeness (QED) is 0.196.